The summed E-state index contributed by atoms with van der Waals surface area (Å²) < 4.78 is 63.7. The molecule has 1 saturated heterocycles. The number of nitrogens with two attached hydrogens (primary N) is 1. The minimum atomic E-state index is -4.66. The zero-order chi connectivity index (χ0) is 22.3. The fourth-order valence-corrected chi connectivity index (χ4v) is 3.44. The molecule has 0 aliphatic carbocycles. The van der Waals surface area contributed by atoms with Crippen molar-refractivity contribution in [1.29, 1.82) is 0 Å². The zero-order valence-electron chi connectivity index (χ0n) is 15.6. The number of anilines is 1. The van der Waals surface area contributed by atoms with Gasteiger partial charge in [-0.2, -0.15) is 13.2 Å². The van der Waals surface area contributed by atoms with Gasteiger partial charge in [0, 0.05) is 0 Å². The van der Waals surface area contributed by atoms with E-state index >= 15 is 0 Å². The summed E-state index contributed by atoms with van der Waals surface area (Å²) in [6.07, 6.45) is -9.55. The van der Waals surface area contributed by atoms with Crippen molar-refractivity contribution in [2.45, 2.75) is 36.8 Å². The molecule has 3 aromatic rings. The van der Waals surface area contributed by atoms with E-state index in [4.69, 9.17) is 15.2 Å². The highest BCUT2D eigenvalue weighted by Gasteiger charge is 2.49. The van der Waals surface area contributed by atoms with Gasteiger partial charge in [0.25, 0.3) is 0 Å². The van der Waals surface area contributed by atoms with Crippen LogP contribution in [-0.2, 0) is 9.47 Å². The number of halogens is 4. The van der Waals surface area contributed by atoms with E-state index in [1.54, 1.807) is 0 Å². The topological polar surface area (TPSA) is 129 Å². The second-order valence-corrected chi connectivity index (χ2v) is 6.95. The van der Waals surface area contributed by atoms with Gasteiger partial charge in [-0.1, -0.05) is 12.1 Å². The van der Waals surface area contributed by atoms with Crippen LogP contribution >= 0.6 is 0 Å². The minimum Gasteiger partial charge on any atom is -0.387 e. The second-order valence-electron chi connectivity index (χ2n) is 6.95. The number of hydrogen-bond acceptors (Lipinski definition) is 8. The van der Waals surface area contributed by atoms with Crippen molar-refractivity contribution in [1.82, 2.24) is 19.5 Å². The van der Waals surface area contributed by atoms with Crippen molar-refractivity contribution in [2.24, 2.45) is 0 Å². The first-order valence-corrected chi connectivity index (χ1v) is 9.04. The lowest BCUT2D eigenvalue weighted by Crippen LogP contribution is -2.37. The maximum Gasteiger partial charge on any atom is 0.411 e. The van der Waals surface area contributed by atoms with Crippen LogP contribution in [-0.4, -0.2) is 60.8 Å². The van der Waals surface area contributed by atoms with Crippen LogP contribution in [0.1, 0.15) is 17.9 Å². The number of hydrogen-bond donors (Lipinski definition) is 3. The van der Waals surface area contributed by atoms with E-state index in [0.29, 0.717) is 0 Å². The van der Waals surface area contributed by atoms with E-state index in [2.05, 4.69) is 15.0 Å². The molecule has 9 nitrogen and oxygen atoms in total. The Hall–Kier alpha value is -2.87. The molecular weight excluding hydrogens is 426 g/mol. The first-order valence-electron chi connectivity index (χ1n) is 9.04. The third kappa shape index (κ3) is 4.17. The molecule has 1 unspecified atom stereocenters. The molecule has 1 aromatic carbocycles. The van der Waals surface area contributed by atoms with Gasteiger partial charge in [0.05, 0.1) is 6.33 Å². The van der Waals surface area contributed by atoms with E-state index in [9.17, 15) is 27.8 Å². The summed E-state index contributed by atoms with van der Waals surface area (Å²) in [7, 11) is 0. The number of aliphatic hydroxyl groups excluding tert-OH is 2. The molecule has 1 fully saturated rings. The van der Waals surface area contributed by atoms with Gasteiger partial charge in [-0.25, -0.2) is 19.3 Å². The Labute approximate surface area is 172 Å². The number of ether oxygens (including phenoxy) is 2. The van der Waals surface area contributed by atoms with Crippen molar-refractivity contribution in [2.75, 3.05) is 12.3 Å². The molecule has 166 valence electrons. The van der Waals surface area contributed by atoms with E-state index in [1.165, 1.54) is 29.4 Å². The van der Waals surface area contributed by atoms with E-state index in [1.807, 2.05) is 0 Å². The highest BCUT2D eigenvalue weighted by molar-refractivity contribution is 5.81. The van der Waals surface area contributed by atoms with Crippen molar-refractivity contribution >= 4 is 17.0 Å². The predicted octanol–water partition coefficient (Wildman–Crippen LogP) is 1.49. The number of nitrogens with zero attached hydrogens (tertiary/aromatic N) is 4. The number of fused-ring (bicyclic) bond motifs is 1. The van der Waals surface area contributed by atoms with E-state index in [-0.39, 0.29) is 22.5 Å². The molecule has 0 spiro atoms. The van der Waals surface area contributed by atoms with Crippen LogP contribution in [0.4, 0.5) is 23.4 Å². The standard InChI is InChI=1S/C18H17F4N5O4/c19-9-3-1-8(2-4-9)13(30-5-18(20,21)22)14-11(28)12(29)17(31-14)27-7-26-10-15(23)24-6-25-16(10)27/h1-4,6-7,11-14,17,28-29H,5H2,(H2,23,24,25)/t11-,12+,13?,14-,17+/m0/s1. The van der Waals surface area contributed by atoms with Crippen LogP contribution in [0.2, 0.25) is 0 Å². The molecule has 0 saturated carbocycles. The molecule has 0 amide bonds. The Morgan fingerprint density at radius 1 is 1.13 bits per heavy atom. The van der Waals surface area contributed by atoms with Gasteiger partial charge in [0.15, 0.2) is 17.7 Å². The molecule has 4 N–H and O–H groups in total. The highest BCUT2D eigenvalue weighted by Crippen LogP contribution is 2.39. The van der Waals surface area contributed by atoms with Crippen LogP contribution in [0.15, 0.2) is 36.9 Å². The number of imidazole rings is 1. The molecule has 5 atom stereocenters. The summed E-state index contributed by atoms with van der Waals surface area (Å²) in [6.45, 7) is -1.64. The van der Waals surface area contributed by atoms with Crippen LogP contribution in [0.5, 0.6) is 0 Å². The lowest BCUT2D eigenvalue weighted by Gasteiger charge is -2.27. The van der Waals surface area contributed by atoms with Crippen molar-refractivity contribution < 1.29 is 37.2 Å². The molecule has 0 bridgehead atoms. The van der Waals surface area contributed by atoms with Crippen LogP contribution in [0.3, 0.4) is 0 Å². The zero-order valence-corrected chi connectivity index (χ0v) is 15.6. The smallest absolute Gasteiger partial charge is 0.387 e. The molecule has 31 heavy (non-hydrogen) atoms. The van der Waals surface area contributed by atoms with Gasteiger partial charge >= 0.3 is 6.18 Å². The van der Waals surface area contributed by atoms with E-state index in [0.717, 1.165) is 12.1 Å². The van der Waals surface area contributed by atoms with Crippen LogP contribution in [0, 0.1) is 5.82 Å². The lowest BCUT2D eigenvalue weighted by molar-refractivity contribution is -0.204. The van der Waals surface area contributed by atoms with Crippen LogP contribution < -0.4 is 5.73 Å². The summed E-state index contributed by atoms with van der Waals surface area (Å²) in [5.74, 6) is -0.530. The molecule has 2 aromatic heterocycles. The van der Waals surface area contributed by atoms with E-state index < -0.39 is 49.2 Å². The molecule has 4 rings (SSSR count). The molecular formula is C18H17F4N5O4. The van der Waals surface area contributed by atoms with Crippen molar-refractivity contribution in [3.05, 3.63) is 48.3 Å². The normalized spacial score (nSPS) is 25.2. The van der Waals surface area contributed by atoms with Gasteiger partial charge in [-0.15, -0.1) is 0 Å². The highest BCUT2D eigenvalue weighted by atomic mass is 19.4. The fourth-order valence-electron chi connectivity index (χ4n) is 3.44. The minimum absolute atomic E-state index is 0.0750. The SMILES string of the molecule is Nc1ncnc2c1ncn2[C@@H]1O[C@H](C(OCC(F)(F)F)c2ccc(F)cc2)[C@@H](O)[C@H]1O. The average molecular weight is 443 g/mol. The Morgan fingerprint density at radius 3 is 2.52 bits per heavy atom. The van der Waals surface area contributed by atoms with Gasteiger partial charge in [-0.05, 0) is 17.7 Å². The third-order valence-corrected chi connectivity index (χ3v) is 4.86. The summed E-state index contributed by atoms with van der Waals surface area (Å²) in [5.41, 5.74) is 6.28. The first-order chi connectivity index (χ1) is 14.7. The van der Waals surface area contributed by atoms with Crippen LogP contribution in [0.25, 0.3) is 11.2 Å². The largest absolute Gasteiger partial charge is 0.411 e. The monoisotopic (exact) mass is 443 g/mol. The summed E-state index contributed by atoms with van der Waals surface area (Å²) in [6, 6.07) is 4.51. The third-order valence-electron chi connectivity index (χ3n) is 4.86. The molecule has 1 aliphatic heterocycles. The van der Waals surface area contributed by atoms with Gasteiger partial charge in [0.1, 0.15) is 48.7 Å². The quantitative estimate of drug-likeness (QED) is 0.506. The molecule has 1 aliphatic rings. The Morgan fingerprint density at radius 2 is 1.84 bits per heavy atom. The number of aliphatic hydroxyl groups is 2. The Balaban J connectivity index is 1.67. The summed E-state index contributed by atoms with van der Waals surface area (Å²) >= 11 is 0. The molecule has 0 radical (unpaired) electrons. The number of rotatable bonds is 5. The van der Waals surface area contributed by atoms with Gasteiger partial charge in [0.2, 0.25) is 0 Å². The summed E-state index contributed by atoms with van der Waals surface area (Å²) in [4.78, 5) is 11.9. The molecule has 3 heterocycles. The maximum absolute atomic E-state index is 13.3. The number of nitrogen functional groups attached to an aromatic ring is 1. The Kier molecular flexibility index (Phi) is 5.51. The first kappa shape index (κ1) is 21.4. The van der Waals surface area contributed by atoms with Crippen molar-refractivity contribution in [3.8, 4) is 0 Å². The predicted molar refractivity (Wildman–Crippen MR) is 96.8 cm³/mol. The van der Waals surface area contributed by atoms with Crippen molar-refractivity contribution in [3.63, 3.8) is 0 Å². The lowest BCUT2D eigenvalue weighted by atomic mass is 9.99. The number of alkyl halides is 3. The summed E-state index contributed by atoms with van der Waals surface area (Å²) in [5, 5.41) is 21.1. The molecule has 13 heteroatoms. The van der Waals surface area contributed by atoms with Gasteiger partial charge < -0.3 is 25.4 Å². The van der Waals surface area contributed by atoms with Gasteiger partial charge in [-0.3, -0.25) is 4.57 Å². The second kappa shape index (κ2) is 8.00. The number of aromatic nitrogens is 4. The number of benzene rings is 1. The maximum atomic E-state index is 13.3. The fraction of sp³-hybridized carbons (Fsp3) is 0.389. The Bertz CT molecular complexity index is 1060. The average Bonchev–Trinajstić information content (AvgIpc) is 3.26.